The quantitative estimate of drug-likeness (QED) is 0.206. The highest BCUT2D eigenvalue weighted by molar-refractivity contribution is 5.97. The fourth-order valence-corrected chi connectivity index (χ4v) is 4.80. The molecule has 0 amide bonds. The average Bonchev–Trinajstić information content (AvgIpc) is 2.96. The zero-order valence-electron chi connectivity index (χ0n) is 27.4. The van der Waals surface area contributed by atoms with E-state index in [0.717, 1.165) is 36.2 Å². The molecular formula is C36H59FN4. The van der Waals surface area contributed by atoms with Crippen LogP contribution in [0, 0.1) is 11.7 Å². The highest BCUT2D eigenvalue weighted by atomic mass is 19.1. The molecule has 41 heavy (non-hydrogen) atoms. The molecule has 1 aliphatic heterocycles. The van der Waals surface area contributed by atoms with Gasteiger partial charge in [-0.3, -0.25) is 0 Å². The molecule has 1 aromatic carbocycles. The van der Waals surface area contributed by atoms with Gasteiger partial charge in [0.15, 0.2) is 5.82 Å². The van der Waals surface area contributed by atoms with Crippen LogP contribution in [0.25, 0.3) is 5.57 Å². The lowest BCUT2D eigenvalue weighted by atomic mass is 9.91. The molecule has 0 radical (unpaired) electrons. The standard InChI is InChI=1S/C21H28FN3.C10H17N.C3H8.C2H6/c1-5-15-12-25(13(2)3)18-11-17(24-16-9-7-6-8-10-16)20(22)21(23)19(18)14(15)4;1-5-7-10(6-2)9(3)8-11-4;1-3-2;1-2/h5,11-13,16,24H,1,4,6-10,23H2,2-3H3;5-7,9,11H,1-2,8H2,3-4H3;3H2,1-2H3;1-2H3/b;10-7+;;/t;9-;;/m.1../s1. The molecule has 0 bridgehead atoms. The second-order valence-electron chi connectivity index (χ2n) is 10.6. The zero-order valence-corrected chi connectivity index (χ0v) is 27.4. The van der Waals surface area contributed by atoms with Crippen LogP contribution in [-0.2, 0) is 0 Å². The van der Waals surface area contributed by atoms with Crippen LogP contribution in [0.3, 0.4) is 0 Å². The molecule has 1 atom stereocenters. The lowest BCUT2D eigenvalue weighted by Crippen LogP contribution is -2.30. The molecular weight excluding hydrogens is 507 g/mol. The number of nitrogens with zero attached hydrogens (tertiary/aromatic N) is 1. The first kappa shape index (κ1) is 38.0. The Morgan fingerprint density at radius 3 is 2.17 bits per heavy atom. The summed E-state index contributed by atoms with van der Waals surface area (Å²) in [7, 11) is 1.95. The molecule has 4 nitrogen and oxygen atoms in total. The van der Waals surface area contributed by atoms with Crippen LogP contribution < -0.4 is 21.3 Å². The summed E-state index contributed by atoms with van der Waals surface area (Å²) in [6.45, 7) is 30.9. The highest BCUT2D eigenvalue weighted by Crippen LogP contribution is 2.44. The van der Waals surface area contributed by atoms with Crippen LogP contribution >= 0.6 is 0 Å². The van der Waals surface area contributed by atoms with E-state index in [1.165, 1.54) is 31.3 Å². The average molecular weight is 567 g/mol. The number of rotatable bonds is 9. The monoisotopic (exact) mass is 566 g/mol. The van der Waals surface area contributed by atoms with E-state index >= 15 is 0 Å². The van der Waals surface area contributed by atoms with Crippen LogP contribution in [0.1, 0.15) is 92.6 Å². The summed E-state index contributed by atoms with van der Waals surface area (Å²) in [5, 5.41) is 6.51. The molecule has 1 aliphatic carbocycles. The Bertz CT molecular complexity index is 1030. The van der Waals surface area contributed by atoms with Gasteiger partial charge in [0, 0.05) is 30.4 Å². The minimum Gasteiger partial charge on any atom is -0.396 e. The van der Waals surface area contributed by atoms with Gasteiger partial charge in [0.1, 0.15) is 0 Å². The summed E-state index contributed by atoms with van der Waals surface area (Å²) >= 11 is 0. The third kappa shape index (κ3) is 11.4. The van der Waals surface area contributed by atoms with Crippen molar-refractivity contribution in [2.45, 2.75) is 99.1 Å². The molecule has 4 N–H and O–H groups in total. The minimum absolute atomic E-state index is 0.166. The van der Waals surface area contributed by atoms with E-state index in [1.807, 2.05) is 45.3 Å². The molecule has 5 heteroatoms. The fraction of sp³-hybridized carbons (Fsp3) is 0.500. The molecule has 2 aliphatic rings. The van der Waals surface area contributed by atoms with Crippen molar-refractivity contribution in [3.05, 3.63) is 85.4 Å². The van der Waals surface area contributed by atoms with Gasteiger partial charge in [0.25, 0.3) is 0 Å². The number of anilines is 3. The van der Waals surface area contributed by atoms with Crippen LogP contribution in [0.2, 0.25) is 0 Å². The number of nitrogen functional groups attached to an aromatic ring is 1. The number of hydrogen-bond acceptors (Lipinski definition) is 4. The van der Waals surface area contributed by atoms with Gasteiger partial charge in [-0.2, -0.15) is 0 Å². The maximum atomic E-state index is 15.0. The molecule has 1 heterocycles. The van der Waals surface area contributed by atoms with Gasteiger partial charge < -0.3 is 21.3 Å². The normalized spacial score (nSPS) is 15.5. The summed E-state index contributed by atoms with van der Waals surface area (Å²) in [5.74, 6) is 0.134. The van der Waals surface area contributed by atoms with Crippen LogP contribution in [0.5, 0.6) is 0 Å². The van der Waals surface area contributed by atoms with E-state index in [9.17, 15) is 4.39 Å². The third-order valence-corrected chi connectivity index (χ3v) is 6.85. The highest BCUT2D eigenvalue weighted by Gasteiger charge is 2.28. The van der Waals surface area contributed by atoms with Gasteiger partial charge in [-0.1, -0.05) is 111 Å². The van der Waals surface area contributed by atoms with Gasteiger partial charge in [-0.25, -0.2) is 4.39 Å². The zero-order chi connectivity index (χ0) is 31.5. The number of nitrogens with one attached hydrogen (secondary N) is 2. The SMILES string of the molecule is C=C/C=C(\C=C)[C@H](C)CNC.C=CC1=CN(C(C)C)c2cc(NC3CCCCC3)c(F)c(N)c2C1=C.CC.CCC. The second-order valence-corrected chi connectivity index (χ2v) is 10.6. The number of halogens is 1. The largest absolute Gasteiger partial charge is 0.396 e. The first-order valence-electron chi connectivity index (χ1n) is 15.4. The van der Waals surface area contributed by atoms with Crippen LogP contribution in [0.4, 0.5) is 21.5 Å². The Morgan fingerprint density at radius 1 is 1.12 bits per heavy atom. The predicted molar refractivity (Wildman–Crippen MR) is 185 cm³/mol. The summed E-state index contributed by atoms with van der Waals surface area (Å²) in [6.07, 6.45) is 16.5. The molecule has 3 rings (SSSR count). The van der Waals surface area contributed by atoms with E-state index in [2.05, 4.69) is 76.5 Å². The second kappa shape index (κ2) is 20.8. The Kier molecular flexibility index (Phi) is 19.2. The van der Waals surface area contributed by atoms with Gasteiger partial charge in [-0.05, 0) is 62.4 Å². The van der Waals surface area contributed by atoms with Crippen LogP contribution in [-0.4, -0.2) is 25.7 Å². The van der Waals surface area contributed by atoms with Crippen molar-refractivity contribution in [1.82, 2.24) is 5.32 Å². The first-order valence-corrected chi connectivity index (χ1v) is 15.4. The maximum absolute atomic E-state index is 15.0. The van der Waals surface area contributed by atoms with Gasteiger partial charge in [-0.15, -0.1) is 0 Å². The number of nitrogens with two attached hydrogens (primary N) is 1. The lowest BCUT2D eigenvalue weighted by Gasteiger charge is -2.35. The number of allylic oxidation sites excluding steroid dienone is 6. The first-order chi connectivity index (χ1) is 19.6. The van der Waals surface area contributed by atoms with Crippen molar-refractivity contribution in [3.8, 4) is 0 Å². The van der Waals surface area contributed by atoms with Crippen LogP contribution in [0.15, 0.2) is 74.0 Å². The Balaban J connectivity index is 0.000000840. The molecule has 230 valence electrons. The van der Waals surface area contributed by atoms with Gasteiger partial charge in [0.05, 0.1) is 17.1 Å². The van der Waals surface area contributed by atoms with E-state index in [-0.39, 0.29) is 17.5 Å². The Labute approximate surface area is 252 Å². The smallest absolute Gasteiger partial charge is 0.169 e. The van der Waals surface area contributed by atoms with Crippen molar-refractivity contribution < 1.29 is 4.39 Å². The summed E-state index contributed by atoms with van der Waals surface area (Å²) in [6, 6.07) is 2.42. The lowest BCUT2D eigenvalue weighted by molar-refractivity contribution is 0.461. The van der Waals surface area contributed by atoms with Crippen molar-refractivity contribution in [2.75, 3.05) is 29.5 Å². The summed E-state index contributed by atoms with van der Waals surface area (Å²) < 4.78 is 15.0. The fourth-order valence-electron chi connectivity index (χ4n) is 4.80. The van der Waals surface area contributed by atoms with E-state index in [4.69, 9.17) is 5.73 Å². The Hall–Kier alpha value is -3.05. The number of benzene rings is 1. The Morgan fingerprint density at radius 2 is 1.71 bits per heavy atom. The maximum Gasteiger partial charge on any atom is 0.169 e. The van der Waals surface area contributed by atoms with Crippen molar-refractivity contribution in [3.63, 3.8) is 0 Å². The number of hydrogen-bond donors (Lipinski definition) is 3. The van der Waals surface area contributed by atoms with Gasteiger partial charge in [0.2, 0.25) is 0 Å². The molecule has 1 saturated carbocycles. The third-order valence-electron chi connectivity index (χ3n) is 6.85. The summed E-state index contributed by atoms with van der Waals surface area (Å²) in [5.41, 5.74) is 11.3. The molecule has 0 aromatic heterocycles. The number of fused-ring (bicyclic) bond motifs is 1. The van der Waals surface area contributed by atoms with E-state index < -0.39 is 0 Å². The molecule has 0 unspecified atom stereocenters. The predicted octanol–water partition coefficient (Wildman–Crippen LogP) is 10.0. The molecule has 0 spiro atoms. The molecule has 1 fully saturated rings. The summed E-state index contributed by atoms with van der Waals surface area (Å²) in [4.78, 5) is 2.11. The van der Waals surface area contributed by atoms with Crippen molar-refractivity contribution in [2.24, 2.45) is 5.92 Å². The van der Waals surface area contributed by atoms with Crippen molar-refractivity contribution in [1.29, 1.82) is 0 Å². The van der Waals surface area contributed by atoms with E-state index in [1.54, 1.807) is 12.2 Å². The minimum atomic E-state index is -0.375. The topological polar surface area (TPSA) is 53.3 Å². The molecule has 1 aromatic rings. The van der Waals surface area contributed by atoms with Crippen molar-refractivity contribution >= 4 is 22.6 Å². The van der Waals surface area contributed by atoms with E-state index in [0.29, 0.717) is 23.2 Å². The van der Waals surface area contributed by atoms with Gasteiger partial charge >= 0.3 is 0 Å². The molecule has 0 saturated heterocycles.